The molecule has 1 aromatic heterocycles. The fourth-order valence-electron chi connectivity index (χ4n) is 1.67. The first-order valence-corrected chi connectivity index (χ1v) is 5.87. The number of aryl methyl sites for hydroxylation is 1. The number of amides is 1. The summed E-state index contributed by atoms with van der Waals surface area (Å²) >= 11 is 0. The summed E-state index contributed by atoms with van der Waals surface area (Å²) < 4.78 is 1.23. The molecule has 0 unspecified atom stereocenters. The Bertz CT molecular complexity index is 663. The van der Waals surface area contributed by atoms with Crippen LogP contribution in [0.25, 0.3) is 0 Å². The van der Waals surface area contributed by atoms with Gasteiger partial charge in [0.15, 0.2) is 0 Å². The van der Waals surface area contributed by atoms with Gasteiger partial charge in [0, 0.05) is 17.4 Å². The van der Waals surface area contributed by atoms with Gasteiger partial charge in [0.05, 0.1) is 11.9 Å². The Morgan fingerprint density at radius 2 is 2.20 bits per heavy atom. The third kappa shape index (κ3) is 3.14. The number of nitrogens with two attached hydrogens (primary N) is 1. The average molecular weight is 274 g/mol. The number of carboxylic acid groups (broad SMARTS) is 1. The highest BCUT2D eigenvalue weighted by Crippen LogP contribution is 2.14. The van der Waals surface area contributed by atoms with Crippen molar-refractivity contribution >= 4 is 23.3 Å². The number of hydrogen-bond donors (Lipinski definition) is 3. The van der Waals surface area contributed by atoms with Crippen molar-refractivity contribution in [1.82, 2.24) is 9.78 Å². The quantitative estimate of drug-likeness (QED) is 0.723. The second-order valence-corrected chi connectivity index (χ2v) is 4.35. The standard InChI is InChI=1S/C13H14N4O3/c1-8-4-9(2-3-11(8)14)13(20)16-10-5-15-17(6-10)7-12(18)19/h2-6H,7,14H2,1H3,(H,16,20)(H,18,19). The summed E-state index contributed by atoms with van der Waals surface area (Å²) in [6.07, 6.45) is 2.85. The highest BCUT2D eigenvalue weighted by atomic mass is 16.4. The van der Waals surface area contributed by atoms with E-state index in [1.54, 1.807) is 18.2 Å². The van der Waals surface area contributed by atoms with Crippen LogP contribution >= 0.6 is 0 Å². The molecule has 1 aromatic carbocycles. The van der Waals surface area contributed by atoms with Crippen molar-refractivity contribution in [2.24, 2.45) is 0 Å². The smallest absolute Gasteiger partial charge is 0.325 e. The third-order valence-corrected chi connectivity index (χ3v) is 2.72. The molecule has 0 aliphatic rings. The molecule has 0 atom stereocenters. The third-order valence-electron chi connectivity index (χ3n) is 2.72. The number of carbonyl (C=O) groups excluding carboxylic acids is 1. The van der Waals surface area contributed by atoms with E-state index in [4.69, 9.17) is 10.8 Å². The van der Waals surface area contributed by atoms with Crippen LogP contribution in [0.3, 0.4) is 0 Å². The number of carboxylic acids is 1. The predicted octanol–water partition coefficient (Wildman–Crippen LogP) is 1.11. The zero-order chi connectivity index (χ0) is 14.7. The lowest BCUT2D eigenvalue weighted by Gasteiger charge is -2.05. The second kappa shape index (κ2) is 5.43. The molecule has 20 heavy (non-hydrogen) atoms. The lowest BCUT2D eigenvalue weighted by Crippen LogP contribution is -2.12. The summed E-state index contributed by atoms with van der Waals surface area (Å²) in [4.78, 5) is 22.5. The summed E-state index contributed by atoms with van der Waals surface area (Å²) in [5, 5.41) is 15.1. The number of carbonyl (C=O) groups is 2. The van der Waals surface area contributed by atoms with E-state index in [0.29, 0.717) is 16.9 Å². The van der Waals surface area contributed by atoms with Gasteiger partial charge in [0.2, 0.25) is 0 Å². The Kier molecular flexibility index (Phi) is 3.69. The van der Waals surface area contributed by atoms with Gasteiger partial charge in [-0.15, -0.1) is 0 Å². The zero-order valence-electron chi connectivity index (χ0n) is 10.8. The van der Waals surface area contributed by atoms with Gasteiger partial charge in [-0.05, 0) is 30.7 Å². The minimum atomic E-state index is -1.000. The molecule has 0 saturated carbocycles. The summed E-state index contributed by atoms with van der Waals surface area (Å²) in [5.41, 5.74) is 8.04. The van der Waals surface area contributed by atoms with E-state index in [0.717, 1.165) is 5.56 Å². The molecule has 0 spiro atoms. The van der Waals surface area contributed by atoms with Crippen molar-refractivity contribution < 1.29 is 14.7 Å². The largest absolute Gasteiger partial charge is 0.480 e. The fraction of sp³-hybridized carbons (Fsp3) is 0.154. The van der Waals surface area contributed by atoms with Crippen LogP contribution in [0.2, 0.25) is 0 Å². The van der Waals surface area contributed by atoms with Gasteiger partial charge in [-0.2, -0.15) is 5.10 Å². The second-order valence-electron chi connectivity index (χ2n) is 4.35. The lowest BCUT2D eigenvalue weighted by molar-refractivity contribution is -0.137. The van der Waals surface area contributed by atoms with Gasteiger partial charge in [-0.1, -0.05) is 0 Å². The van der Waals surface area contributed by atoms with Gasteiger partial charge in [-0.3, -0.25) is 14.3 Å². The van der Waals surface area contributed by atoms with Crippen LogP contribution in [0.1, 0.15) is 15.9 Å². The highest BCUT2D eigenvalue weighted by molar-refractivity contribution is 6.04. The average Bonchev–Trinajstić information content (AvgIpc) is 2.79. The molecule has 0 fully saturated rings. The summed E-state index contributed by atoms with van der Waals surface area (Å²) in [6, 6.07) is 4.98. The Hall–Kier alpha value is -2.83. The monoisotopic (exact) mass is 274 g/mol. The number of hydrogen-bond acceptors (Lipinski definition) is 4. The summed E-state index contributed by atoms with van der Waals surface area (Å²) in [6.45, 7) is 1.56. The molecule has 7 heteroatoms. The lowest BCUT2D eigenvalue weighted by atomic mass is 10.1. The highest BCUT2D eigenvalue weighted by Gasteiger charge is 2.09. The number of nitrogens with one attached hydrogen (secondary N) is 1. The van der Waals surface area contributed by atoms with Crippen molar-refractivity contribution in [3.05, 3.63) is 41.7 Å². The molecule has 0 aliphatic heterocycles. The van der Waals surface area contributed by atoms with Crippen LogP contribution in [0.4, 0.5) is 11.4 Å². The first-order valence-electron chi connectivity index (χ1n) is 5.87. The van der Waals surface area contributed by atoms with Gasteiger partial charge in [0.25, 0.3) is 5.91 Å². The van der Waals surface area contributed by atoms with Crippen molar-refractivity contribution in [3.8, 4) is 0 Å². The van der Waals surface area contributed by atoms with Crippen LogP contribution < -0.4 is 11.1 Å². The molecule has 0 aliphatic carbocycles. The maximum Gasteiger partial charge on any atom is 0.325 e. The molecular formula is C13H14N4O3. The molecule has 0 bridgehead atoms. The van der Waals surface area contributed by atoms with Gasteiger partial charge in [-0.25, -0.2) is 0 Å². The predicted molar refractivity (Wildman–Crippen MR) is 73.4 cm³/mol. The topological polar surface area (TPSA) is 110 Å². The first kappa shape index (κ1) is 13.6. The van der Waals surface area contributed by atoms with E-state index in [2.05, 4.69) is 10.4 Å². The number of anilines is 2. The molecule has 7 nitrogen and oxygen atoms in total. The Balaban J connectivity index is 2.09. The number of aromatic nitrogens is 2. The Morgan fingerprint density at radius 1 is 1.45 bits per heavy atom. The van der Waals surface area contributed by atoms with E-state index >= 15 is 0 Å². The van der Waals surface area contributed by atoms with Gasteiger partial charge >= 0.3 is 5.97 Å². The van der Waals surface area contributed by atoms with Crippen molar-refractivity contribution in [2.45, 2.75) is 13.5 Å². The van der Waals surface area contributed by atoms with Gasteiger partial charge in [0.1, 0.15) is 6.54 Å². The van der Waals surface area contributed by atoms with E-state index in [-0.39, 0.29) is 12.5 Å². The molecule has 2 rings (SSSR count). The van der Waals surface area contributed by atoms with Crippen LogP contribution in [-0.4, -0.2) is 26.8 Å². The number of aliphatic carboxylic acids is 1. The SMILES string of the molecule is Cc1cc(C(=O)Nc2cnn(CC(=O)O)c2)ccc1N. The van der Waals surface area contributed by atoms with Crippen LogP contribution in [0, 0.1) is 6.92 Å². The maximum atomic E-state index is 12.0. The minimum absolute atomic E-state index is 0.253. The number of rotatable bonds is 4. The minimum Gasteiger partial charge on any atom is -0.480 e. The van der Waals surface area contributed by atoms with E-state index in [9.17, 15) is 9.59 Å². The summed E-state index contributed by atoms with van der Waals surface area (Å²) in [5.74, 6) is -1.30. The fourth-order valence-corrected chi connectivity index (χ4v) is 1.67. The van der Waals surface area contributed by atoms with Crippen molar-refractivity contribution in [2.75, 3.05) is 11.1 Å². The number of nitrogen functional groups attached to an aromatic ring is 1. The molecule has 2 aromatic rings. The molecule has 0 radical (unpaired) electrons. The van der Waals surface area contributed by atoms with E-state index < -0.39 is 5.97 Å². The maximum absolute atomic E-state index is 12.0. The molecule has 104 valence electrons. The number of benzene rings is 1. The molecular weight excluding hydrogens is 260 g/mol. The van der Waals surface area contributed by atoms with E-state index in [1.165, 1.54) is 17.1 Å². The van der Waals surface area contributed by atoms with E-state index in [1.807, 2.05) is 6.92 Å². The zero-order valence-corrected chi connectivity index (χ0v) is 10.8. The first-order chi connectivity index (χ1) is 9.45. The molecule has 1 amide bonds. The van der Waals surface area contributed by atoms with Crippen LogP contribution in [0.5, 0.6) is 0 Å². The van der Waals surface area contributed by atoms with Gasteiger partial charge < -0.3 is 16.2 Å². The van der Waals surface area contributed by atoms with Crippen molar-refractivity contribution in [3.63, 3.8) is 0 Å². The normalized spacial score (nSPS) is 10.2. The Labute approximate surface area is 115 Å². The molecule has 1 heterocycles. The Morgan fingerprint density at radius 3 is 2.85 bits per heavy atom. The van der Waals surface area contributed by atoms with Crippen LogP contribution in [-0.2, 0) is 11.3 Å². The van der Waals surface area contributed by atoms with Crippen molar-refractivity contribution in [1.29, 1.82) is 0 Å². The summed E-state index contributed by atoms with van der Waals surface area (Å²) in [7, 11) is 0. The molecule has 4 N–H and O–H groups in total. The van der Waals surface area contributed by atoms with Crippen LogP contribution in [0.15, 0.2) is 30.6 Å². The number of nitrogens with zero attached hydrogens (tertiary/aromatic N) is 2. The molecule has 0 saturated heterocycles.